The predicted octanol–water partition coefficient (Wildman–Crippen LogP) is 0.754. The molecule has 208 valence electrons. The number of hydrogen-bond acceptors (Lipinski definition) is 6. The van der Waals surface area contributed by atoms with Gasteiger partial charge in [-0.2, -0.15) is 0 Å². The number of rotatable bonds is 14. The number of carbonyl (C=O) groups excluding carboxylic acids is 3. The average molecular weight is 532 g/mol. The summed E-state index contributed by atoms with van der Waals surface area (Å²) in [5.74, 6) is -5.19. The van der Waals surface area contributed by atoms with Gasteiger partial charge in [-0.1, -0.05) is 45.9 Å². The van der Waals surface area contributed by atoms with E-state index in [1.165, 1.54) is 0 Å². The summed E-state index contributed by atoms with van der Waals surface area (Å²) < 4.78 is 0. The van der Waals surface area contributed by atoms with E-state index in [2.05, 4.69) is 20.9 Å². The van der Waals surface area contributed by atoms with Gasteiger partial charge in [0.05, 0.1) is 6.04 Å². The van der Waals surface area contributed by atoms with Crippen LogP contribution in [0.15, 0.2) is 30.5 Å². The number of benzene rings is 1. The molecule has 0 bridgehead atoms. The summed E-state index contributed by atoms with van der Waals surface area (Å²) in [5.41, 5.74) is 7.39. The lowest BCUT2D eigenvalue weighted by Crippen LogP contribution is -2.59. The Bertz CT molecular complexity index is 1160. The van der Waals surface area contributed by atoms with Gasteiger partial charge in [-0.3, -0.25) is 19.2 Å². The lowest BCUT2D eigenvalue weighted by Gasteiger charge is -2.27. The van der Waals surface area contributed by atoms with Crippen molar-refractivity contribution < 1.29 is 34.2 Å². The number of H-pyrrole nitrogens is 1. The highest BCUT2D eigenvalue weighted by Crippen LogP contribution is 2.19. The molecular weight excluding hydrogens is 494 g/mol. The molecule has 12 heteroatoms. The third-order valence-electron chi connectivity index (χ3n) is 6.26. The molecule has 1 heterocycles. The van der Waals surface area contributed by atoms with Gasteiger partial charge in [0.1, 0.15) is 18.1 Å². The minimum atomic E-state index is -1.27. The second-order valence-electron chi connectivity index (χ2n) is 9.96. The first-order valence-electron chi connectivity index (χ1n) is 12.5. The summed E-state index contributed by atoms with van der Waals surface area (Å²) in [5, 5.41) is 27.2. The van der Waals surface area contributed by atoms with Crippen LogP contribution in [0.3, 0.4) is 0 Å². The summed E-state index contributed by atoms with van der Waals surface area (Å²) in [6, 6.07) is 2.78. The normalized spacial score (nSPS) is 14.5. The SMILES string of the molecule is CC(C)C(N)C(=O)NC(CCC(=O)O)C(=O)NC(C(=O)NC(Cc1c[nH]c2ccccc12)C(=O)O)C(C)C. The maximum absolute atomic E-state index is 13.1. The molecule has 1 aromatic carbocycles. The second kappa shape index (κ2) is 13.6. The molecule has 0 spiro atoms. The number of hydrogen-bond donors (Lipinski definition) is 7. The second-order valence-corrected chi connectivity index (χ2v) is 9.96. The van der Waals surface area contributed by atoms with E-state index in [0.717, 1.165) is 10.9 Å². The van der Waals surface area contributed by atoms with Crippen molar-refractivity contribution in [3.8, 4) is 0 Å². The van der Waals surface area contributed by atoms with Gasteiger partial charge in [-0.25, -0.2) is 4.79 Å². The van der Waals surface area contributed by atoms with Gasteiger partial charge in [0, 0.05) is 29.9 Å². The molecule has 4 unspecified atom stereocenters. The highest BCUT2D eigenvalue weighted by atomic mass is 16.4. The van der Waals surface area contributed by atoms with Crippen molar-refractivity contribution in [1.29, 1.82) is 0 Å². The topological polar surface area (TPSA) is 204 Å². The fraction of sp³-hybridized carbons (Fsp3) is 0.500. The van der Waals surface area contributed by atoms with Crippen molar-refractivity contribution in [2.75, 3.05) is 0 Å². The lowest BCUT2D eigenvalue weighted by molar-refractivity contribution is -0.142. The Morgan fingerprint density at radius 3 is 2.08 bits per heavy atom. The van der Waals surface area contributed by atoms with Gasteiger partial charge in [0.25, 0.3) is 0 Å². The number of nitrogens with one attached hydrogen (secondary N) is 4. The van der Waals surface area contributed by atoms with Crippen molar-refractivity contribution in [3.05, 3.63) is 36.0 Å². The third kappa shape index (κ3) is 8.30. The summed E-state index contributed by atoms with van der Waals surface area (Å²) in [4.78, 5) is 64.8. The number of amides is 3. The largest absolute Gasteiger partial charge is 0.481 e. The molecule has 0 saturated carbocycles. The summed E-state index contributed by atoms with van der Waals surface area (Å²) in [6.45, 7) is 6.79. The van der Waals surface area contributed by atoms with Crippen LogP contribution in [0.2, 0.25) is 0 Å². The van der Waals surface area contributed by atoms with Crippen molar-refractivity contribution >= 4 is 40.6 Å². The van der Waals surface area contributed by atoms with E-state index in [4.69, 9.17) is 10.8 Å². The first-order chi connectivity index (χ1) is 17.8. The fourth-order valence-electron chi connectivity index (χ4n) is 3.88. The Kier molecular flexibility index (Phi) is 10.8. The van der Waals surface area contributed by atoms with E-state index in [1.807, 2.05) is 24.3 Å². The van der Waals surface area contributed by atoms with E-state index in [9.17, 15) is 29.1 Å². The number of carboxylic acid groups (broad SMARTS) is 2. The molecular formula is C26H37N5O7. The Morgan fingerprint density at radius 2 is 1.50 bits per heavy atom. The van der Waals surface area contributed by atoms with Crippen LogP contribution in [-0.2, 0) is 30.4 Å². The highest BCUT2D eigenvalue weighted by Gasteiger charge is 2.32. The molecule has 2 aromatic rings. The van der Waals surface area contributed by atoms with Crippen LogP contribution >= 0.6 is 0 Å². The first-order valence-corrected chi connectivity index (χ1v) is 12.5. The lowest BCUT2D eigenvalue weighted by atomic mass is 10.00. The van der Waals surface area contributed by atoms with Crippen LogP contribution in [0.4, 0.5) is 0 Å². The molecule has 0 fully saturated rings. The van der Waals surface area contributed by atoms with E-state index >= 15 is 0 Å². The number of aliphatic carboxylic acids is 2. The Morgan fingerprint density at radius 1 is 0.868 bits per heavy atom. The molecule has 3 amide bonds. The maximum Gasteiger partial charge on any atom is 0.326 e. The summed E-state index contributed by atoms with van der Waals surface area (Å²) in [6.07, 6.45) is 1.07. The van der Waals surface area contributed by atoms with E-state index in [-0.39, 0.29) is 18.8 Å². The third-order valence-corrected chi connectivity index (χ3v) is 6.26. The molecule has 0 aliphatic carbocycles. The first kappa shape index (κ1) is 30.3. The Balaban J connectivity index is 2.17. The van der Waals surface area contributed by atoms with E-state index < -0.39 is 66.2 Å². The minimum Gasteiger partial charge on any atom is -0.481 e. The van der Waals surface area contributed by atoms with E-state index in [1.54, 1.807) is 33.9 Å². The van der Waals surface area contributed by atoms with Gasteiger partial charge in [0.15, 0.2) is 0 Å². The van der Waals surface area contributed by atoms with Crippen molar-refractivity contribution in [3.63, 3.8) is 0 Å². The van der Waals surface area contributed by atoms with Crippen LogP contribution in [0.5, 0.6) is 0 Å². The van der Waals surface area contributed by atoms with Gasteiger partial charge in [-0.05, 0) is 29.9 Å². The van der Waals surface area contributed by atoms with Crippen LogP contribution in [0, 0.1) is 11.8 Å². The number of aromatic nitrogens is 1. The standard InChI is InChI=1S/C26H37N5O7/c1-13(2)21(27)24(35)29-18(9-10-20(32)33)23(34)31-22(14(3)4)25(36)30-19(26(37)38)11-15-12-28-17-8-6-5-7-16(15)17/h5-8,12-14,18-19,21-22,28H,9-11,27H2,1-4H3,(H,29,35)(H,30,36)(H,31,34)(H,32,33)(H,37,38). The molecule has 4 atom stereocenters. The van der Waals surface area contributed by atoms with Crippen LogP contribution in [0.25, 0.3) is 10.9 Å². The monoisotopic (exact) mass is 531 g/mol. The molecule has 0 radical (unpaired) electrons. The number of nitrogens with two attached hydrogens (primary N) is 1. The number of carboxylic acids is 2. The number of aromatic amines is 1. The summed E-state index contributed by atoms with van der Waals surface area (Å²) >= 11 is 0. The van der Waals surface area contributed by atoms with Crippen molar-refractivity contribution in [1.82, 2.24) is 20.9 Å². The molecule has 2 rings (SSSR count). The maximum atomic E-state index is 13.1. The van der Waals surface area contributed by atoms with Gasteiger partial charge < -0.3 is 36.9 Å². The molecule has 0 aliphatic rings. The molecule has 12 nitrogen and oxygen atoms in total. The van der Waals surface area contributed by atoms with Gasteiger partial charge in [-0.15, -0.1) is 0 Å². The summed E-state index contributed by atoms with van der Waals surface area (Å²) in [7, 11) is 0. The smallest absolute Gasteiger partial charge is 0.326 e. The minimum absolute atomic E-state index is 0.00817. The predicted molar refractivity (Wildman–Crippen MR) is 140 cm³/mol. The number of fused-ring (bicyclic) bond motifs is 1. The highest BCUT2D eigenvalue weighted by molar-refractivity contribution is 5.94. The van der Waals surface area contributed by atoms with Crippen LogP contribution < -0.4 is 21.7 Å². The molecule has 0 saturated heterocycles. The zero-order valence-electron chi connectivity index (χ0n) is 22.0. The van der Waals surface area contributed by atoms with Crippen LogP contribution in [0.1, 0.15) is 46.1 Å². The molecule has 38 heavy (non-hydrogen) atoms. The van der Waals surface area contributed by atoms with Gasteiger partial charge in [0.2, 0.25) is 17.7 Å². The Hall–Kier alpha value is -3.93. The number of para-hydroxylation sites is 1. The fourth-order valence-corrected chi connectivity index (χ4v) is 3.88. The molecule has 1 aromatic heterocycles. The quantitative estimate of drug-likeness (QED) is 0.185. The molecule has 8 N–H and O–H groups in total. The zero-order chi connectivity index (χ0) is 28.6. The van der Waals surface area contributed by atoms with Crippen LogP contribution in [-0.4, -0.2) is 69.0 Å². The average Bonchev–Trinajstić information content (AvgIpc) is 3.25. The van der Waals surface area contributed by atoms with Gasteiger partial charge >= 0.3 is 11.9 Å². The van der Waals surface area contributed by atoms with E-state index in [0.29, 0.717) is 5.56 Å². The van der Waals surface area contributed by atoms with Crippen molar-refractivity contribution in [2.24, 2.45) is 17.6 Å². The number of carbonyl (C=O) groups is 5. The Labute approximate surface area is 220 Å². The molecule has 0 aliphatic heterocycles. The zero-order valence-corrected chi connectivity index (χ0v) is 22.0. The van der Waals surface area contributed by atoms with Crippen molar-refractivity contribution in [2.45, 2.75) is 71.1 Å².